The van der Waals surface area contributed by atoms with Gasteiger partial charge in [0.1, 0.15) is 0 Å². The maximum absolute atomic E-state index is 11.7. The molecule has 1 unspecified atom stereocenters. The van der Waals surface area contributed by atoms with Crippen LogP contribution in [0.1, 0.15) is 13.3 Å². The average molecular weight is 239 g/mol. The molecule has 2 atom stereocenters. The van der Waals surface area contributed by atoms with Gasteiger partial charge in [0.05, 0.1) is 0 Å². The van der Waals surface area contributed by atoms with Crippen LogP contribution in [0.3, 0.4) is 0 Å². The zero-order valence-electron chi connectivity index (χ0n) is 8.73. The van der Waals surface area contributed by atoms with Crippen molar-refractivity contribution >= 4 is 30.1 Å². The molecule has 0 aromatic carbocycles. The van der Waals surface area contributed by atoms with Crippen LogP contribution in [0.4, 0.5) is 0 Å². The highest BCUT2D eigenvalue weighted by Crippen LogP contribution is 2.13. The third-order valence-corrected chi connectivity index (χ3v) is 3.21. The second-order valence-electron chi connectivity index (χ2n) is 3.69. The molecule has 0 aromatic heterocycles. The number of halogens is 1. The van der Waals surface area contributed by atoms with Crippen LogP contribution in [-0.4, -0.2) is 41.9 Å². The van der Waals surface area contributed by atoms with E-state index in [0.717, 1.165) is 25.3 Å². The van der Waals surface area contributed by atoms with Crippen LogP contribution in [0.5, 0.6) is 0 Å². The Morgan fingerprint density at radius 2 is 2.36 bits per heavy atom. The van der Waals surface area contributed by atoms with Gasteiger partial charge in [-0.2, -0.15) is 11.8 Å². The van der Waals surface area contributed by atoms with Crippen molar-refractivity contribution in [2.75, 3.05) is 25.1 Å². The normalized spacial score (nSPS) is 23.1. The molecular weight excluding hydrogens is 220 g/mol. The minimum atomic E-state index is 0. The van der Waals surface area contributed by atoms with Crippen LogP contribution < -0.4 is 5.73 Å². The summed E-state index contributed by atoms with van der Waals surface area (Å²) < 4.78 is 0. The van der Waals surface area contributed by atoms with E-state index in [9.17, 15) is 4.79 Å². The van der Waals surface area contributed by atoms with Crippen LogP contribution >= 0.6 is 24.2 Å². The summed E-state index contributed by atoms with van der Waals surface area (Å²) in [5, 5.41) is 0. The maximum Gasteiger partial charge on any atom is 0.226 e. The molecule has 14 heavy (non-hydrogen) atoms. The smallest absolute Gasteiger partial charge is 0.226 e. The van der Waals surface area contributed by atoms with Gasteiger partial charge in [-0.3, -0.25) is 4.79 Å². The molecule has 0 spiro atoms. The lowest BCUT2D eigenvalue weighted by Crippen LogP contribution is -2.36. The summed E-state index contributed by atoms with van der Waals surface area (Å²) >= 11 is 1.72. The van der Waals surface area contributed by atoms with Gasteiger partial charge >= 0.3 is 0 Å². The van der Waals surface area contributed by atoms with E-state index in [1.54, 1.807) is 11.8 Å². The highest BCUT2D eigenvalue weighted by Gasteiger charge is 2.26. The predicted octanol–water partition coefficient (Wildman–Crippen LogP) is 0.967. The van der Waals surface area contributed by atoms with E-state index in [1.807, 2.05) is 18.1 Å². The summed E-state index contributed by atoms with van der Waals surface area (Å²) in [6.07, 6.45) is 2.98. The van der Waals surface area contributed by atoms with E-state index in [-0.39, 0.29) is 30.3 Å². The summed E-state index contributed by atoms with van der Waals surface area (Å²) in [5.74, 6) is 1.31. The molecule has 5 heteroatoms. The Bertz CT molecular complexity index is 192. The van der Waals surface area contributed by atoms with Gasteiger partial charge < -0.3 is 10.6 Å². The molecule has 0 radical (unpaired) electrons. The third kappa shape index (κ3) is 3.67. The molecule has 0 aliphatic carbocycles. The molecule has 1 aliphatic heterocycles. The van der Waals surface area contributed by atoms with Gasteiger partial charge in [0.25, 0.3) is 0 Å². The first-order valence-electron chi connectivity index (χ1n) is 4.68. The van der Waals surface area contributed by atoms with Crippen LogP contribution in [-0.2, 0) is 4.79 Å². The summed E-state index contributed by atoms with van der Waals surface area (Å²) in [7, 11) is 0. The zero-order chi connectivity index (χ0) is 9.84. The van der Waals surface area contributed by atoms with Gasteiger partial charge in [0.15, 0.2) is 0 Å². The SMILES string of the molecule is CSCC(C)C(=O)N1CC[C@@H](N)C1.Cl. The minimum absolute atomic E-state index is 0. The van der Waals surface area contributed by atoms with Gasteiger partial charge in [-0.15, -0.1) is 12.4 Å². The molecule has 1 rings (SSSR count). The van der Waals surface area contributed by atoms with E-state index >= 15 is 0 Å². The maximum atomic E-state index is 11.7. The highest BCUT2D eigenvalue weighted by atomic mass is 35.5. The molecule has 1 fully saturated rings. The first-order valence-corrected chi connectivity index (χ1v) is 6.08. The number of carbonyl (C=O) groups is 1. The van der Waals surface area contributed by atoms with E-state index < -0.39 is 0 Å². The van der Waals surface area contributed by atoms with E-state index in [1.165, 1.54) is 0 Å². The summed E-state index contributed by atoms with van der Waals surface area (Å²) in [6, 6.07) is 0.199. The second-order valence-corrected chi connectivity index (χ2v) is 4.60. The highest BCUT2D eigenvalue weighted by molar-refractivity contribution is 7.98. The van der Waals surface area contributed by atoms with Crippen molar-refractivity contribution in [1.82, 2.24) is 4.90 Å². The number of nitrogens with zero attached hydrogens (tertiary/aromatic N) is 1. The zero-order valence-corrected chi connectivity index (χ0v) is 10.4. The number of hydrogen-bond donors (Lipinski definition) is 1. The molecule has 1 saturated heterocycles. The lowest BCUT2D eigenvalue weighted by Gasteiger charge is -2.19. The number of likely N-dealkylation sites (tertiary alicyclic amines) is 1. The lowest BCUT2D eigenvalue weighted by atomic mass is 10.2. The van der Waals surface area contributed by atoms with Crippen LogP contribution in [0.2, 0.25) is 0 Å². The summed E-state index contributed by atoms with van der Waals surface area (Å²) in [6.45, 7) is 3.58. The molecule has 1 heterocycles. The number of rotatable bonds is 3. The Hall–Kier alpha value is 0.0700. The Morgan fingerprint density at radius 1 is 1.71 bits per heavy atom. The fourth-order valence-electron chi connectivity index (χ4n) is 1.62. The first kappa shape index (κ1) is 14.1. The molecule has 1 amide bonds. The van der Waals surface area contributed by atoms with Crippen LogP contribution in [0.15, 0.2) is 0 Å². The van der Waals surface area contributed by atoms with Gasteiger partial charge in [-0.05, 0) is 12.7 Å². The number of nitrogens with two attached hydrogens (primary N) is 1. The first-order chi connectivity index (χ1) is 6.15. The van der Waals surface area contributed by atoms with E-state index in [4.69, 9.17) is 5.73 Å². The second kappa shape index (κ2) is 6.53. The summed E-state index contributed by atoms with van der Waals surface area (Å²) in [5.41, 5.74) is 5.74. The van der Waals surface area contributed by atoms with Crippen molar-refractivity contribution in [3.05, 3.63) is 0 Å². The molecule has 2 N–H and O–H groups in total. The van der Waals surface area contributed by atoms with Crippen LogP contribution in [0, 0.1) is 5.92 Å². The molecule has 1 aliphatic rings. The van der Waals surface area contributed by atoms with E-state index in [2.05, 4.69) is 0 Å². The molecule has 0 saturated carbocycles. The fourth-order valence-corrected chi connectivity index (χ4v) is 2.26. The van der Waals surface area contributed by atoms with Crippen molar-refractivity contribution in [2.45, 2.75) is 19.4 Å². The lowest BCUT2D eigenvalue weighted by molar-refractivity contribution is -0.133. The van der Waals surface area contributed by atoms with Gasteiger partial charge in [0, 0.05) is 30.8 Å². The standard InChI is InChI=1S/C9H18N2OS.ClH/c1-7(6-13-2)9(12)11-4-3-8(10)5-11;/h7-8H,3-6,10H2,1-2H3;1H/t7?,8-;/m1./s1. The minimum Gasteiger partial charge on any atom is -0.341 e. The molecule has 0 bridgehead atoms. The fraction of sp³-hybridized carbons (Fsp3) is 0.889. The Morgan fingerprint density at radius 3 is 2.79 bits per heavy atom. The van der Waals surface area contributed by atoms with Crippen molar-refractivity contribution in [2.24, 2.45) is 11.7 Å². The topological polar surface area (TPSA) is 46.3 Å². The number of thioether (sulfide) groups is 1. The Balaban J connectivity index is 0.00000169. The quantitative estimate of drug-likeness (QED) is 0.797. The largest absolute Gasteiger partial charge is 0.341 e. The van der Waals surface area contributed by atoms with Gasteiger partial charge in [0.2, 0.25) is 5.91 Å². The number of carbonyl (C=O) groups excluding carboxylic acids is 1. The number of amides is 1. The van der Waals surface area contributed by atoms with Crippen molar-refractivity contribution in [3.63, 3.8) is 0 Å². The average Bonchev–Trinajstić information content (AvgIpc) is 2.51. The van der Waals surface area contributed by atoms with Crippen molar-refractivity contribution in [1.29, 1.82) is 0 Å². The van der Waals surface area contributed by atoms with Gasteiger partial charge in [-0.25, -0.2) is 0 Å². The number of hydrogen-bond acceptors (Lipinski definition) is 3. The molecule has 84 valence electrons. The Labute approximate surface area is 96.2 Å². The van der Waals surface area contributed by atoms with Crippen LogP contribution in [0.25, 0.3) is 0 Å². The van der Waals surface area contributed by atoms with Gasteiger partial charge in [-0.1, -0.05) is 6.92 Å². The van der Waals surface area contributed by atoms with Crippen molar-refractivity contribution < 1.29 is 4.79 Å². The monoisotopic (exact) mass is 238 g/mol. The summed E-state index contributed by atoms with van der Waals surface area (Å²) in [4.78, 5) is 13.6. The van der Waals surface area contributed by atoms with E-state index in [0.29, 0.717) is 0 Å². The molecule has 0 aromatic rings. The predicted molar refractivity (Wildman–Crippen MR) is 64.0 cm³/mol. The molecular formula is C9H19ClN2OS. The molecule has 3 nitrogen and oxygen atoms in total. The van der Waals surface area contributed by atoms with Crippen molar-refractivity contribution in [3.8, 4) is 0 Å². The Kier molecular flexibility index (Phi) is 6.57. The third-order valence-electron chi connectivity index (χ3n) is 2.37.